The molecule has 2 bridgehead atoms. The largest absolute Gasteiger partial charge is 0.497 e. The first-order valence-corrected chi connectivity index (χ1v) is 16.4. The van der Waals surface area contributed by atoms with E-state index in [0.29, 0.717) is 22.5 Å². The van der Waals surface area contributed by atoms with Crippen LogP contribution in [0, 0.1) is 11.6 Å². The molecule has 254 valence electrons. The minimum Gasteiger partial charge on any atom is -0.497 e. The molecule has 0 unspecified atom stereocenters. The summed E-state index contributed by atoms with van der Waals surface area (Å²) in [6.45, 7) is 0.107. The Morgan fingerprint density at radius 1 is 1.09 bits per heavy atom. The van der Waals surface area contributed by atoms with Gasteiger partial charge in [0, 0.05) is 25.7 Å². The first-order chi connectivity index (χ1) is 21.7. The predicted octanol–water partition coefficient (Wildman–Crippen LogP) is 4.09. The Morgan fingerprint density at radius 2 is 1.80 bits per heavy atom. The molecule has 46 heavy (non-hydrogen) atoms. The second-order valence-corrected chi connectivity index (χ2v) is 13.6. The number of hydrogen-bond acceptors (Lipinski definition) is 7. The molecule has 15 heteroatoms. The van der Waals surface area contributed by atoms with Crippen molar-refractivity contribution in [3.05, 3.63) is 76.9 Å². The van der Waals surface area contributed by atoms with E-state index < -0.39 is 64.1 Å². The maximum atomic E-state index is 14.0. The number of β-amino-alcohol motifs (C(OH)–C–C–N with tert-alkyl or cyclic N) is 1. The van der Waals surface area contributed by atoms with E-state index in [1.807, 2.05) is 18.2 Å². The number of benzene rings is 2. The SMILES string of the molecule is COc1ccc2c(c1)[C@H]1C[C@@H]2OC/C=C/CC[C@H](N(C)S(=O)(=O)CCC(F)(F)F)C(=O)N[C@H](Cc2cc(F)cc(F)c2)[C@H](O)CN1. The Hall–Kier alpha value is -3.11. The smallest absolute Gasteiger partial charge is 0.390 e. The van der Waals surface area contributed by atoms with Crippen molar-refractivity contribution in [2.24, 2.45) is 0 Å². The van der Waals surface area contributed by atoms with Gasteiger partial charge in [-0.05, 0) is 66.6 Å². The number of allylic oxidation sites excluding steroid dienone is 1. The third-order valence-corrected chi connectivity index (χ3v) is 10.1. The number of ether oxygens (including phenoxy) is 2. The molecule has 0 radical (unpaired) electrons. The van der Waals surface area contributed by atoms with E-state index in [2.05, 4.69) is 10.6 Å². The molecule has 0 saturated heterocycles. The highest BCUT2D eigenvalue weighted by molar-refractivity contribution is 7.89. The van der Waals surface area contributed by atoms with E-state index in [-0.39, 0.29) is 50.1 Å². The van der Waals surface area contributed by atoms with Gasteiger partial charge in [0.25, 0.3) is 0 Å². The zero-order valence-electron chi connectivity index (χ0n) is 25.4. The summed E-state index contributed by atoms with van der Waals surface area (Å²) >= 11 is 0. The van der Waals surface area contributed by atoms with Crippen molar-refractivity contribution < 1.29 is 49.7 Å². The number of amides is 1. The van der Waals surface area contributed by atoms with Crippen LogP contribution in [0.15, 0.2) is 48.6 Å². The molecule has 9 nitrogen and oxygen atoms in total. The number of carbonyl (C=O) groups is 1. The van der Waals surface area contributed by atoms with Crippen molar-refractivity contribution >= 4 is 15.9 Å². The quantitative estimate of drug-likeness (QED) is 0.299. The summed E-state index contributed by atoms with van der Waals surface area (Å²) in [4.78, 5) is 13.7. The minimum absolute atomic E-state index is 0.0962. The zero-order chi connectivity index (χ0) is 33.6. The van der Waals surface area contributed by atoms with Crippen LogP contribution in [0.4, 0.5) is 22.0 Å². The van der Waals surface area contributed by atoms with Gasteiger partial charge in [0.2, 0.25) is 15.9 Å². The third kappa shape index (κ3) is 9.47. The fraction of sp³-hybridized carbons (Fsp3) is 0.516. The lowest BCUT2D eigenvalue weighted by Gasteiger charge is -2.31. The average molecular weight is 676 g/mol. The van der Waals surface area contributed by atoms with Gasteiger partial charge in [-0.2, -0.15) is 17.5 Å². The number of hydrogen-bond donors (Lipinski definition) is 3. The van der Waals surface area contributed by atoms with Crippen LogP contribution in [-0.2, 0) is 26.0 Å². The van der Waals surface area contributed by atoms with Crippen molar-refractivity contribution in [1.82, 2.24) is 14.9 Å². The summed E-state index contributed by atoms with van der Waals surface area (Å²) in [6.07, 6.45) is -4.20. The number of aliphatic hydroxyl groups is 1. The molecule has 2 aliphatic rings. The van der Waals surface area contributed by atoms with E-state index in [4.69, 9.17) is 9.47 Å². The molecule has 3 N–H and O–H groups in total. The van der Waals surface area contributed by atoms with Gasteiger partial charge in [0.15, 0.2) is 0 Å². The minimum atomic E-state index is -4.73. The highest BCUT2D eigenvalue weighted by Gasteiger charge is 2.38. The Kier molecular flexibility index (Phi) is 11.8. The summed E-state index contributed by atoms with van der Waals surface area (Å²) in [5, 5.41) is 17.2. The van der Waals surface area contributed by atoms with Crippen LogP contribution in [0.1, 0.15) is 54.5 Å². The van der Waals surface area contributed by atoms with Gasteiger partial charge in [0.1, 0.15) is 23.4 Å². The Morgan fingerprint density at radius 3 is 2.48 bits per heavy atom. The number of carbonyl (C=O) groups excluding carboxylic acids is 1. The second-order valence-electron chi connectivity index (χ2n) is 11.4. The molecule has 0 spiro atoms. The summed E-state index contributed by atoms with van der Waals surface area (Å²) in [6, 6.07) is 5.44. The number of aliphatic hydroxyl groups excluding tert-OH is 1. The highest BCUT2D eigenvalue weighted by atomic mass is 32.2. The molecule has 0 fully saturated rings. The van der Waals surface area contributed by atoms with E-state index in [1.165, 1.54) is 7.11 Å². The van der Waals surface area contributed by atoms with Crippen LogP contribution in [-0.4, -0.2) is 81.2 Å². The predicted molar refractivity (Wildman–Crippen MR) is 159 cm³/mol. The lowest BCUT2D eigenvalue weighted by molar-refractivity contribution is -0.130. The molecule has 1 amide bonds. The van der Waals surface area contributed by atoms with Crippen molar-refractivity contribution in [1.29, 1.82) is 0 Å². The Balaban J connectivity index is 1.65. The van der Waals surface area contributed by atoms with Crippen LogP contribution in [0.3, 0.4) is 0 Å². The van der Waals surface area contributed by atoms with Crippen molar-refractivity contribution in [2.45, 2.75) is 68.6 Å². The maximum Gasteiger partial charge on any atom is 0.390 e. The van der Waals surface area contributed by atoms with Gasteiger partial charge in [-0.3, -0.25) is 4.79 Å². The first kappa shape index (κ1) is 35.7. The molecular weight excluding hydrogens is 637 g/mol. The highest BCUT2D eigenvalue weighted by Crippen LogP contribution is 2.42. The number of methoxy groups -OCH3 is 1. The first-order valence-electron chi connectivity index (χ1n) is 14.8. The van der Waals surface area contributed by atoms with Gasteiger partial charge < -0.3 is 25.2 Å². The fourth-order valence-corrected chi connectivity index (χ4v) is 7.08. The number of halogens is 5. The summed E-state index contributed by atoms with van der Waals surface area (Å²) in [5.41, 5.74) is 1.94. The molecule has 1 heterocycles. The maximum absolute atomic E-state index is 14.0. The fourth-order valence-electron chi connectivity index (χ4n) is 5.72. The summed E-state index contributed by atoms with van der Waals surface area (Å²) in [7, 11) is -1.97. The van der Waals surface area contributed by atoms with Crippen LogP contribution in [0.25, 0.3) is 0 Å². The molecule has 5 atom stereocenters. The zero-order valence-corrected chi connectivity index (χ0v) is 26.2. The molecular formula is C31H38F5N3O6S. The standard InChI is InChI=1S/C31H38F5N3O6S/c1-39(46(42,43)11-9-31(34,35)36)27-6-4-3-5-10-45-29-17-25(24-16-22(44-2)7-8-23(24)29)37-18-28(40)26(38-30(27)41)14-19-12-20(32)15-21(33)13-19/h3,5,7-8,12-13,15-16,25-29,37,40H,4,6,9-11,14,17-18H2,1-2H3,(H,38,41)/b5-3+/t25-,26-,27+,28-,29+/m1/s1. The van der Waals surface area contributed by atoms with Crippen molar-refractivity contribution in [2.75, 3.05) is 33.1 Å². The van der Waals surface area contributed by atoms with Crippen molar-refractivity contribution in [3.63, 3.8) is 0 Å². The number of nitrogens with one attached hydrogen (secondary N) is 2. The average Bonchev–Trinajstić information content (AvgIpc) is 3.33. The van der Waals surface area contributed by atoms with E-state index in [1.54, 1.807) is 12.2 Å². The number of fused-ring (bicyclic) bond motifs is 5. The van der Waals surface area contributed by atoms with Gasteiger partial charge in [-0.1, -0.05) is 18.2 Å². The van der Waals surface area contributed by atoms with Gasteiger partial charge in [-0.15, -0.1) is 0 Å². The number of nitrogens with zero attached hydrogens (tertiary/aromatic N) is 1. The van der Waals surface area contributed by atoms with Gasteiger partial charge in [0.05, 0.1) is 44.1 Å². The second kappa shape index (κ2) is 15.2. The van der Waals surface area contributed by atoms with Crippen LogP contribution < -0.4 is 15.4 Å². The molecule has 1 aliphatic carbocycles. The molecule has 0 aromatic heterocycles. The number of likely N-dealkylation sites (N-methyl/N-ethyl adjacent to an activating group) is 1. The molecule has 1 aliphatic heterocycles. The summed E-state index contributed by atoms with van der Waals surface area (Å²) in [5.74, 6) is -3.26. The summed E-state index contributed by atoms with van der Waals surface area (Å²) < 4.78 is 105. The van der Waals surface area contributed by atoms with Crippen LogP contribution in [0.5, 0.6) is 5.75 Å². The third-order valence-electron chi connectivity index (χ3n) is 8.20. The molecule has 4 rings (SSSR count). The van der Waals surface area contributed by atoms with Gasteiger partial charge in [-0.25, -0.2) is 17.2 Å². The van der Waals surface area contributed by atoms with Gasteiger partial charge >= 0.3 is 6.18 Å². The van der Waals surface area contributed by atoms with Crippen LogP contribution in [0.2, 0.25) is 0 Å². The molecule has 0 saturated carbocycles. The lowest BCUT2D eigenvalue weighted by atomic mass is 9.99. The molecule has 2 aromatic rings. The lowest BCUT2D eigenvalue weighted by Crippen LogP contribution is -2.55. The van der Waals surface area contributed by atoms with E-state index in [0.717, 1.165) is 30.3 Å². The Bertz CT molecular complexity index is 1490. The van der Waals surface area contributed by atoms with E-state index >= 15 is 0 Å². The monoisotopic (exact) mass is 675 g/mol. The number of alkyl halides is 3. The topological polar surface area (TPSA) is 117 Å². The van der Waals surface area contributed by atoms with Crippen LogP contribution >= 0.6 is 0 Å². The molecule has 2 aromatic carbocycles. The Labute approximate surface area is 264 Å². The normalized spacial score (nSPS) is 25.6. The number of rotatable bonds is 7. The number of sulfonamides is 1. The van der Waals surface area contributed by atoms with Crippen molar-refractivity contribution in [3.8, 4) is 5.75 Å². The van der Waals surface area contributed by atoms with E-state index in [9.17, 15) is 40.3 Å².